The van der Waals surface area contributed by atoms with Crippen LogP contribution in [0.3, 0.4) is 0 Å². The van der Waals surface area contributed by atoms with Gasteiger partial charge in [0.25, 0.3) is 0 Å². The number of aliphatic hydroxyl groups excluding tert-OH is 2. The molecule has 0 radical (unpaired) electrons. The highest BCUT2D eigenvalue weighted by Gasteiger charge is 2.32. The van der Waals surface area contributed by atoms with Crippen molar-refractivity contribution in [2.45, 2.75) is 84.3 Å². The summed E-state index contributed by atoms with van der Waals surface area (Å²) in [5, 5.41) is 54.6. The monoisotopic (exact) mass is 733 g/mol. The van der Waals surface area contributed by atoms with Gasteiger partial charge in [-0.1, -0.05) is 24.3 Å². The molecule has 2 aliphatic carbocycles. The molecular formula is C44H43N7O4. The fourth-order valence-corrected chi connectivity index (χ4v) is 6.47. The zero-order chi connectivity index (χ0) is 38.9. The van der Waals surface area contributed by atoms with Crippen LogP contribution in [0.5, 0.6) is 11.5 Å². The third-order valence-electron chi connectivity index (χ3n) is 9.81. The van der Waals surface area contributed by atoms with E-state index in [-0.39, 0.29) is 19.0 Å². The summed E-state index contributed by atoms with van der Waals surface area (Å²) in [6.07, 6.45) is 4.42. The van der Waals surface area contributed by atoms with Crippen molar-refractivity contribution in [3.63, 3.8) is 0 Å². The standard InChI is InChI=1S/C26H24N4O2.C18H19N3O2/c1-17-26(32-16-19-5-9-21(28-2)10-6-19)24(15-31)23(25(30-17)20-7-8-20)14-29-22-11-3-18(13-27)4-12-22;1-11-18(23)16(10-22)15(17(21-11)13-4-5-13)9-20-14-6-2-12(8-19)3-7-14/h3-6,9-12,20,29,31H,7-8,14-16H2,1H3;2-3,6-7,13,20,22-23H,4-5,9-10H2,1H3. The van der Waals surface area contributed by atoms with Crippen LogP contribution in [0.15, 0.2) is 72.8 Å². The summed E-state index contributed by atoms with van der Waals surface area (Å²) in [7, 11) is 0. The van der Waals surface area contributed by atoms with E-state index in [0.29, 0.717) is 65.4 Å². The number of nitrogens with zero attached hydrogens (tertiary/aromatic N) is 5. The fourth-order valence-electron chi connectivity index (χ4n) is 6.47. The molecule has 11 heteroatoms. The molecule has 55 heavy (non-hydrogen) atoms. The number of hydrogen-bond acceptors (Lipinski definition) is 10. The molecule has 0 spiro atoms. The highest BCUT2D eigenvalue weighted by Crippen LogP contribution is 2.45. The molecule has 0 amide bonds. The summed E-state index contributed by atoms with van der Waals surface area (Å²) in [5.74, 6) is 1.54. The van der Waals surface area contributed by atoms with Gasteiger partial charge in [-0.3, -0.25) is 9.97 Å². The number of aliphatic hydroxyl groups is 2. The normalized spacial score (nSPS) is 13.0. The summed E-state index contributed by atoms with van der Waals surface area (Å²) >= 11 is 0. The third kappa shape index (κ3) is 9.38. The van der Waals surface area contributed by atoms with Gasteiger partial charge in [0.2, 0.25) is 0 Å². The Bertz CT molecular complexity index is 2260. The molecule has 0 bridgehead atoms. The van der Waals surface area contributed by atoms with Crippen molar-refractivity contribution in [3.05, 3.63) is 146 Å². The van der Waals surface area contributed by atoms with E-state index in [1.807, 2.05) is 43.3 Å². The lowest BCUT2D eigenvalue weighted by atomic mass is 10.0. The van der Waals surface area contributed by atoms with Crippen LogP contribution in [0.25, 0.3) is 4.85 Å². The number of nitrogens with one attached hydrogen (secondary N) is 2. The van der Waals surface area contributed by atoms with E-state index in [2.05, 4.69) is 32.6 Å². The van der Waals surface area contributed by atoms with Gasteiger partial charge in [-0.05, 0) is 93.6 Å². The Morgan fingerprint density at radius 3 is 1.62 bits per heavy atom. The van der Waals surface area contributed by atoms with Crippen molar-refractivity contribution in [3.8, 4) is 23.6 Å². The molecule has 0 atom stereocenters. The summed E-state index contributed by atoms with van der Waals surface area (Å²) < 4.78 is 6.13. The molecule has 278 valence electrons. The average Bonchev–Trinajstić information content (AvgIpc) is 4.16. The molecule has 11 nitrogen and oxygen atoms in total. The van der Waals surface area contributed by atoms with Crippen LogP contribution in [0, 0.1) is 43.1 Å². The molecule has 5 N–H and O–H groups in total. The molecule has 2 fully saturated rings. The van der Waals surface area contributed by atoms with E-state index in [1.54, 1.807) is 43.3 Å². The predicted molar refractivity (Wildman–Crippen MR) is 209 cm³/mol. The maximum atomic E-state index is 10.3. The van der Waals surface area contributed by atoms with Crippen molar-refractivity contribution in [1.29, 1.82) is 10.5 Å². The number of benzene rings is 3. The summed E-state index contributed by atoms with van der Waals surface area (Å²) in [6.45, 7) is 11.7. The Labute approximate surface area is 321 Å². The number of aromatic nitrogens is 2. The lowest BCUT2D eigenvalue weighted by Gasteiger charge is -2.20. The number of rotatable bonds is 13. The second-order valence-corrected chi connectivity index (χ2v) is 13.8. The van der Waals surface area contributed by atoms with E-state index in [4.69, 9.17) is 26.8 Å². The fraction of sp³-hybridized carbons (Fsp3) is 0.295. The molecule has 0 saturated heterocycles. The van der Waals surface area contributed by atoms with Crippen LogP contribution >= 0.6 is 0 Å². The van der Waals surface area contributed by atoms with E-state index in [1.165, 1.54) is 0 Å². The van der Waals surface area contributed by atoms with Gasteiger partial charge >= 0.3 is 0 Å². The average molecular weight is 734 g/mol. The van der Waals surface area contributed by atoms with Crippen LogP contribution < -0.4 is 15.4 Å². The molecule has 5 aromatic rings. The van der Waals surface area contributed by atoms with Crippen molar-refractivity contribution >= 4 is 17.1 Å². The van der Waals surface area contributed by atoms with E-state index < -0.39 is 0 Å². The molecule has 2 heterocycles. The maximum Gasteiger partial charge on any atom is 0.187 e. The number of aryl methyl sites for hydroxylation is 2. The van der Waals surface area contributed by atoms with Gasteiger partial charge in [-0.2, -0.15) is 10.5 Å². The Kier molecular flexibility index (Phi) is 12.2. The van der Waals surface area contributed by atoms with E-state index in [0.717, 1.165) is 76.4 Å². The summed E-state index contributed by atoms with van der Waals surface area (Å²) in [4.78, 5) is 12.8. The molecule has 0 aliphatic heterocycles. The van der Waals surface area contributed by atoms with Crippen molar-refractivity contribution in [1.82, 2.24) is 9.97 Å². The van der Waals surface area contributed by atoms with E-state index >= 15 is 0 Å². The van der Waals surface area contributed by atoms with Gasteiger partial charge in [-0.15, -0.1) is 0 Å². The smallest absolute Gasteiger partial charge is 0.187 e. The Balaban J connectivity index is 0.000000197. The molecule has 2 aromatic heterocycles. The minimum atomic E-state index is -0.209. The lowest BCUT2D eigenvalue weighted by Crippen LogP contribution is -2.12. The minimum absolute atomic E-state index is 0.0773. The van der Waals surface area contributed by atoms with Crippen LogP contribution in [0.1, 0.15) is 99.2 Å². The van der Waals surface area contributed by atoms with Crippen LogP contribution in [-0.4, -0.2) is 25.3 Å². The molecule has 3 aromatic carbocycles. The van der Waals surface area contributed by atoms with Gasteiger partial charge in [0.15, 0.2) is 5.69 Å². The quantitative estimate of drug-likeness (QED) is 0.0741. The number of hydrogen-bond donors (Lipinski definition) is 5. The van der Waals surface area contributed by atoms with E-state index in [9.17, 15) is 15.3 Å². The highest BCUT2D eigenvalue weighted by atomic mass is 16.5. The number of nitriles is 2. The second kappa shape index (κ2) is 17.6. The molecule has 0 unspecified atom stereocenters. The minimum Gasteiger partial charge on any atom is -0.506 e. The van der Waals surface area contributed by atoms with Crippen LogP contribution in [0.4, 0.5) is 17.1 Å². The van der Waals surface area contributed by atoms with Gasteiger partial charge in [0.05, 0.1) is 54.4 Å². The van der Waals surface area contributed by atoms with Gasteiger partial charge < -0.3 is 30.7 Å². The maximum absolute atomic E-state index is 10.3. The zero-order valence-corrected chi connectivity index (χ0v) is 30.9. The predicted octanol–water partition coefficient (Wildman–Crippen LogP) is 8.32. The first-order chi connectivity index (χ1) is 26.8. The number of aromatic hydroxyl groups is 1. The van der Waals surface area contributed by atoms with Crippen molar-refractivity contribution in [2.75, 3.05) is 10.6 Å². The topological polar surface area (TPSA) is 172 Å². The Morgan fingerprint density at radius 1 is 0.709 bits per heavy atom. The zero-order valence-electron chi connectivity index (χ0n) is 30.9. The van der Waals surface area contributed by atoms with Gasteiger partial charge in [-0.25, -0.2) is 4.85 Å². The van der Waals surface area contributed by atoms with Gasteiger partial charge in [0.1, 0.15) is 18.1 Å². The summed E-state index contributed by atoms with van der Waals surface area (Å²) in [5.41, 5.74) is 11.1. The lowest BCUT2D eigenvalue weighted by molar-refractivity contribution is 0.255. The molecule has 2 saturated carbocycles. The largest absolute Gasteiger partial charge is 0.506 e. The highest BCUT2D eigenvalue weighted by molar-refractivity contribution is 5.53. The number of pyridine rings is 2. The van der Waals surface area contributed by atoms with Crippen molar-refractivity contribution < 1.29 is 20.1 Å². The number of ether oxygens (including phenoxy) is 1. The van der Waals surface area contributed by atoms with Gasteiger partial charge in [0, 0.05) is 69.9 Å². The van der Waals surface area contributed by atoms with Crippen LogP contribution in [0.2, 0.25) is 0 Å². The first-order valence-electron chi connectivity index (χ1n) is 18.3. The Hall–Kier alpha value is -6.45. The third-order valence-corrected chi connectivity index (χ3v) is 9.81. The SMILES string of the molecule is Cc1nc(C2CC2)c(CNc2ccc(C#N)cc2)c(CO)c1O.[C-]#[N+]c1ccc(COc2c(C)nc(C3CC3)c(CNc3ccc(C#N)cc3)c2CO)cc1. The number of anilines is 2. The first-order valence-corrected chi connectivity index (χ1v) is 18.3. The van der Waals surface area contributed by atoms with Crippen LogP contribution in [-0.2, 0) is 32.9 Å². The molecule has 2 aliphatic rings. The summed E-state index contributed by atoms with van der Waals surface area (Å²) in [6, 6.07) is 26.0. The second-order valence-electron chi connectivity index (χ2n) is 13.8. The first kappa shape index (κ1) is 38.3. The molecular weight excluding hydrogens is 691 g/mol. The Morgan fingerprint density at radius 2 is 1.18 bits per heavy atom. The molecule has 7 rings (SSSR count). The van der Waals surface area contributed by atoms with Crippen molar-refractivity contribution in [2.24, 2.45) is 0 Å².